The van der Waals surface area contributed by atoms with Crippen LogP contribution in [0.15, 0.2) is 0 Å². The van der Waals surface area contributed by atoms with Crippen LogP contribution in [0.2, 0.25) is 0 Å². The zero-order chi connectivity index (χ0) is 11.3. The molecular weight excluding hydrogens is 194 g/mol. The fourth-order valence-corrected chi connectivity index (χ4v) is 1.39. The van der Waals surface area contributed by atoms with Gasteiger partial charge in [0.1, 0.15) is 5.41 Å². The number of carboxylic acids is 1. The Morgan fingerprint density at radius 3 is 2.53 bits per heavy atom. The third kappa shape index (κ3) is 2.72. The largest absolute Gasteiger partial charge is 0.480 e. The van der Waals surface area contributed by atoms with Gasteiger partial charge in [0.2, 0.25) is 5.91 Å². The molecule has 0 radical (unpaired) electrons. The number of rotatable bonds is 6. The first-order chi connectivity index (χ1) is 7.13. The number of amides is 1. The molecular formula is C11H15NO3. The maximum Gasteiger partial charge on any atom is 0.319 e. The van der Waals surface area contributed by atoms with Crippen molar-refractivity contribution < 1.29 is 14.7 Å². The Morgan fingerprint density at radius 2 is 2.07 bits per heavy atom. The van der Waals surface area contributed by atoms with Gasteiger partial charge < -0.3 is 10.4 Å². The van der Waals surface area contributed by atoms with E-state index in [1.807, 2.05) is 0 Å². The normalized spacial score (nSPS) is 16.5. The highest BCUT2D eigenvalue weighted by Crippen LogP contribution is 2.45. The highest BCUT2D eigenvalue weighted by molar-refractivity contribution is 6.04. The molecule has 0 aromatic rings. The molecule has 15 heavy (non-hydrogen) atoms. The molecule has 0 atom stereocenters. The molecule has 1 rings (SSSR count). The topological polar surface area (TPSA) is 66.4 Å². The number of nitrogens with one attached hydrogen (secondary N) is 1. The van der Waals surface area contributed by atoms with Gasteiger partial charge in [0, 0.05) is 13.0 Å². The van der Waals surface area contributed by atoms with Crippen molar-refractivity contribution in [3.8, 4) is 12.3 Å². The molecule has 2 N–H and O–H groups in total. The van der Waals surface area contributed by atoms with Crippen LogP contribution in [0.1, 0.15) is 32.1 Å². The van der Waals surface area contributed by atoms with Gasteiger partial charge in [0.25, 0.3) is 0 Å². The molecule has 0 spiro atoms. The number of terminal acetylenes is 1. The zero-order valence-electron chi connectivity index (χ0n) is 8.58. The molecule has 82 valence electrons. The van der Waals surface area contributed by atoms with Gasteiger partial charge in [-0.15, -0.1) is 12.3 Å². The Hall–Kier alpha value is -1.50. The van der Waals surface area contributed by atoms with E-state index in [4.69, 9.17) is 11.5 Å². The van der Waals surface area contributed by atoms with E-state index in [0.29, 0.717) is 25.8 Å². The van der Waals surface area contributed by atoms with Crippen molar-refractivity contribution in [2.45, 2.75) is 32.1 Å². The number of carbonyl (C=O) groups excluding carboxylic acids is 1. The van der Waals surface area contributed by atoms with Crippen LogP contribution < -0.4 is 5.32 Å². The number of unbranched alkanes of at least 4 members (excludes halogenated alkanes) is 2. The minimum atomic E-state index is -1.12. The summed E-state index contributed by atoms with van der Waals surface area (Å²) in [7, 11) is 0. The van der Waals surface area contributed by atoms with E-state index in [0.717, 1.165) is 12.8 Å². The second-order valence-electron chi connectivity index (χ2n) is 3.80. The standard InChI is InChI=1S/C11H15NO3/c1-2-3-4-5-8-12-9(13)11(6-7-11)10(14)15/h1H,3-8H2,(H,12,13)(H,14,15). The van der Waals surface area contributed by atoms with Gasteiger partial charge in [-0.2, -0.15) is 0 Å². The van der Waals surface area contributed by atoms with Gasteiger partial charge in [-0.05, 0) is 25.7 Å². The van der Waals surface area contributed by atoms with Crippen molar-refractivity contribution in [1.82, 2.24) is 5.32 Å². The molecule has 0 heterocycles. The summed E-state index contributed by atoms with van der Waals surface area (Å²) in [6, 6.07) is 0. The fraction of sp³-hybridized carbons (Fsp3) is 0.636. The second kappa shape index (κ2) is 4.83. The molecule has 0 aromatic carbocycles. The number of hydrogen-bond donors (Lipinski definition) is 2. The molecule has 1 saturated carbocycles. The summed E-state index contributed by atoms with van der Waals surface area (Å²) in [5, 5.41) is 11.5. The summed E-state index contributed by atoms with van der Waals surface area (Å²) in [6.07, 6.45) is 8.34. The lowest BCUT2D eigenvalue weighted by molar-refractivity contribution is -0.149. The third-order valence-electron chi connectivity index (χ3n) is 2.63. The van der Waals surface area contributed by atoms with Crippen LogP contribution in [0.3, 0.4) is 0 Å². The molecule has 0 unspecified atom stereocenters. The van der Waals surface area contributed by atoms with Crippen LogP contribution in [0.5, 0.6) is 0 Å². The smallest absolute Gasteiger partial charge is 0.319 e. The van der Waals surface area contributed by atoms with Gasteiger partial charge in [0.15, 0.2) is 0 Å². The number of aliphatic carboxylic acids is 1. The van der Waals surface area contributed by atoms with Crippen LogP contribution in [-0.4, -0.2) is 23.5 Å². The Kier molecular flexibility index (Phi) is 3.73. The SMILES string of the molecule is C#CCCCCNC(=O)C1(C(=O)O)CC1. The summed E-state index contributed by atoms with van der Waals surface area (Å²) in [4.78, 5) is 22.2. The first kappa shape index (κ1) is 11.6. The predicted molar refractivity (Wildman–Crippen MR) is 55.0 cm³/mol. The van der Waals surface area contributed by atoms with Crippen molar-refractivity contribution in [3.63, 3.8) is 0 Å². The van der Waals surface area contributed by atoms with E-state index in [1.54, 1.807) is 0 Å². The van der Waals surface area contributed by atoms with Gasteiger partial charge in [-0.25, -0.2) is 0 Å². The molecule has 0 aromatic heterocycles. The van der Waals surface area contributed by atoms with Gasteiger partial charge in [-0.1, -0.05) is 0 Å². The van der Waals surface area contributed by atoms with Crippen LogP contribution in [0, 0.1) is 17.8 Å². The lowest BCUT2D eigenvalue weighted by Crippen LogP contribution is -2.37. The zero-order valence-corrected chi connectivity index (χ0v) is 8.58. The lowest BCUT2D eigenvalue weighted by Gasteiger charge is -2.09. The molecule has 1 aliphatic rings. The van der Waals surface area contributed by atoms with E-state index >= 15 is 0 Å². The van der Waals surface area contributed by atoms with Crippen molar-refractivity contribution in [2.24, 2.45) is 5.41 Å². The van der Waals surface area contributed by atoms with Gasteiger partial charge >= 0.3 is 5.97 Å². The van der Waals surface area contributed by atoms with Crippen LogP contribution in [0.4, 0.5) is 0 Å². The van der Waals surface area contributed by atoms with E-state index in [9.17, 15) is 9.59 Å². The fourth-order valence-electron chi connectivity index (χ4n) is 1.39. The Labute approximate surface area is 89.0 Å². The molecule has 1 amide bonds. The van der Waals surface area contributed by atoms with E-state index in [2.05, 4.69) is 11.2 Å². The average molecular weight is 209 g/mol. The van der Waals surface area contributed by atoms with E-state index in [1.165, 1.54) is 0 Å². The second-order valence-corrected chi connectivity index (χ2v) is 3.80. The highest BCUT2D eigenvalue weighted by atomic mass is 16.4. The van der Waals surface area contributed by atoms with Crippen molar-refractivity contribution >= 4 is 11.9 Å². The first-order valence-electron chi connectivity index (χ1n) is 5.08. The number of hydrogen-bond acceptors (Lipinski definition) is 2. The summed E-state index contributed by atoms with van der Waals surface area (Å²) in [6.45, 7) is 0.509. The molecule has 0 bridgehead atoms. The number of carboxylic acid groups (broad SMARTS) is 1. The minimum Gasteiger partial charge on any atom is -0.480 e. The maximum absolute atomic E-state index is 11.5. The van der Waals surface area contributed by atoms with E-state index in [-0.39, 0.29) is 5.91 Å². The van der Waals surface area contributed by atoms with Gasteiger partial charge in [-0.3, -0.25) is 9.59 Å². The monoisotopic (exact) mass is 209 g/mol. The molecule has 4 nitrogen and oxygen atoms in total. The summed E-state index contributed by atoms with van der Waals surface area (Å²) >= 11 is 0. The molecule has 0 aliphatic heterocycles. The number of carbonyl (C=O) groups is 2. The molecule has 1 aliphatic carbocycles. The summed E-state index contributed by atoms with van der Waals surface area (Å²) in [5.74, 6) is 1.15. The van der Waals surface area contributed by atoms with E-state index < -0.39 is 11.4 Å². The third-order valence-corrected chi connectivity index (χ3v) is 2.63. The van der Waals surface area contributed by atoms with Crippen LogP contribution >= 0.6 is 0 Å². The Balaban J connectivity index is 2.20. The van der Waals surface area contributed by atoms with Crippen molar-refractivity contribution in [1.29, 1.82) is 0 Å². The summed E-state index contributed by atoms with van der Waals surface area (Å²) in [5.41, 5.74) is -1.12. The van der Waals surface area contributed by atoms with Crippen LogP contribution in [0.25, 0.3) is 0 Å². The van der Waals surface area contributed by atoms with Crippen LogP contribution in [-0.2, 0) is 9.59 Å². The average Bonchev–Trinajstić information content (AvgIpc) is 2.97. The highest BCUT2D eigenvalue weighted by Gasteiger charge is 2.56. The Bertz CT molecular complexity index is 299. The molecule has 1 fully saturated rings. The predicted octanol–water partition coefficient (Wildman–Crippen LogP) is 0.771. The maximum atomic E-state index is 11.5. The van der Waals surface area contributed by atoms with Crippen molar-refractivity contribution in [3.05, 3.63) is 0 Å². The summed E-state index contributed by atoms with van der Waals surface area (Å²) < 4.78 is 0. The Morgan fingerprint density at radius 1 is 1.40 bits per heavy atom. The minimum absolute atomic E-state index is 0.351. The van der Waals surface area contributed by atoms with Crippen molar-refractivity contribution in [2.75, 3.05) is 6.54 Å². The molecule has 0 saturated heterocycles. The van der Waals surface area contributed by atoms with Gasteiger partial charge in [0.05, 0.1) is 0 Å². The lowest BCUT2D eigenvalue weighted by atomic mass is 10.1. The first-order valence-corrected chi connectivity index (χ1v) is 5.08. The quantitative estimate of drug-likeness (QED) is 0.386. The molecule has 4 heteroatoms.